The maximum atomic E-state index is 14.7. The van der Waals surface area contributed by atoms with Crippen LogP contribution in [0.25, 0.3) is 0 Å². The summed E-state index contributed by atoms with van der Waals surface area (Å²) < 4.78 is 18.2. The molecule has 12 heteroatoms. The summed E-state index contributed by atoms with van der Waals surface area (Å²) in [6, 6.07) is 14.4. The van der Waals surface area contributed by atoms with Crippen LogP contribution in [-0.2, 0) is 28.7 Å². The summed E-state index contributed by atoms with van der Waals surface area (Å²) in [5.41, 5.74) is -0.0737. The second-order valence-electron chi connectivity index (χ2n) is 12.7. The maximum absolute atomic E-state index is 14.7. The topological polar surface area (TPSA) is 135 Å². The smallest absolute Gasteiger partial charge is 0.313 e. The summed E-state index contributed by atoms with van der Waals surface area (Å²) in [7, 11) is 1.55. The Morgan fingerprint density at radius 2 is 1.88 bits per heavy atom. The van der Waals surface area contributed by atoms with Crippen molar-refractivity contribution in [2.24, 2.45) is 11.8 Å². The summed E-state index contributed by atoms with van der Waals surface area (Å²) in [6.07, 6.45) is 2.96. The highest BCUT2D eigenvalue weighted by Gasteiger charge is 2.77. The molecule has 1 spiro atoms. The SMILES string of the molecule is C=CCCC(=O)N[C@@H](C)[C@H](OC(=O)[C@@H]1[C@H]2O[C@@]3(CC2Br)[C@H](C(=O)N(CC=C)c2ccc(OC)cc2)N(CCCO)C(=O)[C@@H]13)c1ccccc1. The molecule has 2 aromatic rings. The number of aliphatic hydroxyl groups excluding tert-OH is 1. The molecule has 2 bridgehead atoms. The van der Waals surface area contributed by atoms with E-state index in [-0.39, 0.29) is 49.2 Å². The number of carbonyl (C=O) groups excluding carboxylic acids is 4. The number of nitrogens with zero attached hydrogens (tertiary/aromatic N) is 2. The minimum atomic E-state index is -1.33. The number of esters is 1. The van der Waals surface area contributed by atoms with Crippen molar-refractivity contribution >= 4 is 45.3 Å². The molecule has 3 saturated heterocycles. The van der Waals surface area contributed by atoms with Gasteiger partial charge in [-0.15, -0.1) is 13.2 Å². The van der Waals surface area contributed by atoms with Crippen LogP contribution in [-0.4, -0.2) is 89.1 Å². The molecule has 3 amide bonds. The van der Waals surface area contributed by atoms with Crippen LogP contribution in [0.5, 0.6) is 5.75 Å². The molecule has 0 radical (unpaired) electrons. The molecule has 262 valence electrons. The molecule has 0 aliphatic carbocycles. The Kier molecular flexibility index (Phi) is 11.6. The van der Waals surface area contributed by atoms with Crippen LogP contribution in [0.4, 0.5) is 5.69 Å². The van der Waals surface area contributed by atoms with E-state index in [4.69, 9.17) is 14.2 Å². The first-order valence-corrected chi connectivity index (χ1v) is 17.5. The van der Waals surface area contributed by atoms with E-state index in [1.54, 1.807) is 55.4 Å². The van der Waals surface area contributed by atoms with E-state index in [0.717, 1.165) is 0 Å². The number of benzene rings is 2. The highest BCUT2D eigenvalue weighted by atomic mass is 79.9. The van der Waals surface area contributed by atoms with Crippen LogP contribution in [0.3, 0.4) is 0 Å². The van der Waals surface area contributed by atoms with Crippen molar-refractivity contribution in [3.63, 3.8) is 0 Å². The highest BCUT2D eigenvalue weighted by molar-refractivity contribution is 9.09. The maximum Gasteiger partial charge on any atom is 0.313 e. The first-order chi connectivity index (χ1) is 23.6. The van der Waals surface area contributed by atoms with Gasteiger partial charge >= 0.3 is 5.97 Å². The number of allylic oxidation sites excluding steroid dienone is 1. The van der Waals surface area contributed by atoms with Crippen LogP contribution in [0, 0.1) is 11.8 Å². The second kappa shape index (κ2) is 15.7. The van der Waals surface area contributed by atoms with Crippen LogP contribution < -0.4 is 15.0 Å². The summed E-state index contributed by atoms with van der Waals surface area (Å²) in [5, 5.41) is 12.7. The number of fused-ring (bicyclic) bond motifs is 1. The molecular weight excluding hydrogens is 694 g/mol. The number of ether oxygens (including phenoxy) is 3. The Bertz CT molecular complexity index is 1540. The summed E-state index contributed by atoms with van der Waals surface area (Å²) in [4.78, 5) is 58.7. The number of methoxy groups -OCH3 is 1. The first-order valence-electron chi connectivity index (χ1n) is 16.6. The van der Waals surface area contributed by atoms with Crippen LogP contribution in [0.2, 0.25) is 0 Å². The summed E-state index contributed by atoms with van der Waals surface area (Å²) in [6.45, 7) is 9.35. The van der Waals surface area contributed by atoms with E-state index in [2.05, 4.69) is 34.4 Å². The number of hydrogen-bond acceptors (Lipinski definition) is 8. The lowest BCUT2D eigenvalue weighted by molar-refractivity contribution is -0.162. The molecule has 5 rings (SSSR count). The minimum absolute atomic E-state index is 0.0949. The van der Waals surface area contributed by atoms with Crippen molar-refractivity contribution in [3.8, 4) is 5.75 Å². The van der Waals surface area contributed by atoms with Crippen molar-refractivity contribution in [2.45, 2.75) is 67.3 Å². The van der Waals surface area contributed by atoms with Gasteiger partial charge in [0.1, 0.15) is 23.5 Å². The summed E-state index contributed by atoms with van der Waals surface area (Å²) >= 11 is 3.71. The minimum Gasteiger partial charge on any atom is -0.497 e. The molecule has 49 heavy (non-hydrogen) atoms. The third-order valence-electron chi connectivity index (χ3n) is 9.60. The predicted molar refractivity (Wildman–Crippen MR) is 187 cm³/mol. The highest BCUT2D eigenvalue weighted by Crippen LogP contribution is 2.60. The van der Waals surface area contributed by atoms with E-state index in [1.807, 2.05) is 30.3 Å². The zero-order valence-electron chi connectivity index (χ0n) is 27.8. The van der Waals surface area contributed by atoms with Gasteiger partial charge in [0, 0.05) is 36.6 Å². The molecule has 3 aliphatic heterocycles. The lowest BCUT2D eigenvalue weighted by Crippen LogP contribution is -2.57. The van der Waals surface area contributed by atoms with Crippen molar-refractivity contribution in [1.82, 2.24) is 10.2 Å². The predicted octanol–water partition coefficient (Wildman–Crippen LogP) is 4.10. The Morgan fingerprint density at radius 1 is 1.16 bits per heavy atom. The van der Waals surface area contributed by atoms with Gasteiger partial charge in [-0.1, -0.05) is 58.4 Å². The average Bonchev–Trinajstić information content (AvgIpc) is 3.70. The van der Waals surface area contributed by atoms with Crippen LogP contribution in [0.15, 0.2) is 79.9 Å². The van der Waals surface area contributed by atoms with E-state index >= 15 is 0 Å². The molecule has 2 N–H and O–H groups in total. The Labute approximate surface area is 295 Å². The number of alkyl halides is 1. The van der Waals surface area contributed by atoms with Gasteiger partial charge in [-0.25, -0.2) is 0 Å². The molecule has 3 heterocycles. The van der Waals surface area contributed by atoms with E-state index in [9.17, 15) is 24.3 Å². The third kappa shape index (κ3) is 7.04. The Morgan fingerprint density at radius 3 is 2.51 bits per heavy atom. The average molecular weight is 739 g/mol. The van der Waals surface area contributed by atoms with Gasteiger partial charge in [-0.2, -0.15) is 0 Å². The van der Waals surface area contributed by atoms with Gasteiger partial charge in [-0.3, -0.25) is 19.2 Å². The monoisotopic (exact) mass is 737 g/mol. The Hall–Kier alpha value is -4.00. The Balaban J connectivity index is 1.49. The van der Waals surface area contributed by atoms with E-state index < -0.39 is 53.6 Å². The number of amides is 3. The lowest BCUT2D eigenvalue weighted by Gasteiger charge is -2.37. The number of anilines is 1. The standard InChI is InChI=1S/C37H44BrN3O8/c1-5-7-14-28(43)39-23(3)31(24-12-9-8-10-13-24)48-36(46)29-30-34(44)41(20-11-21-42)33(37(30)22-27(38)32(29)49-37)35(45)40(19-6-2)25-15-17-26(47-4)18-16-25/h5-6,8-10,12-13,15-18,23,27,29-33,42H,1-2,7,11,14,19-22H2,3-4H3,(H,39,43)/t23-,27?,29-,30+,31-,32-,33-,37+/m0/s1. The van der Waals surface area contributed by atoms with Gasteiger partial charge in [0.05, 0.1) is 31.1 Å². The summed E-state index contributed by atoms with van der Waals surface area (Å²) in [5.74, 6) is -3.04. The van der Waals surface area contributed by atoms with E-state index in [0.29, 0.717) is 29.8 Å². The van der Waals surface area contributed by atoms with Crippen LogP contribution >= 0.6 is 15.9 Å². The molecule has 3 aliphatic rings. The normalized spacial score (nSPS) is 26.4. The third-order valence-corrected chi connectivity index (χ3v) is 10.4. The molecule has 3 fully saturated rings. The fourth-order valence-corrected chi connectivity index (χ4v) is 8.40. The first kappa shape index (κ1) is 36.3. The lowest BCUT2D eigenvalue weighted by atomic mass is 9.70. The number of rotatable bonds is 16. The number of hydrogen-bond donors (Lipinski definition) is 2. The number of carbonyl (C=O) groups is 4. The number of halogens is 1. The fraction of sp³-hybridized carbons (Fsp3) is 0.459. The van der Waals surface area contributed by atoms with E-state index in [1.165, 1.54) is 4.90 Å². The molecular formula is C37H44BrN3O8. The van der Waals surface area contributed by atoms with Crippen molar-refractivity contribution in [3.05, 3.63) is 85.5 Å². The van der Waals surface area contributed by atoms with Crippen molar-refractivity contribution < 1.29 is 38.5 Å². The second-order valence-corrected chi connectivity index (χ2v) is 13.8. The fourth-order valence-electron chi connectivity index (χ4n) is 7.46. The molecule has 1 unspecified atom stereocenters. The van der Waals surface area contributed by atoms with Crippen LogP contribution in [0.1, 0.15) is 44.3 Å². The zero-order chi connectivity index (χ0) is 35.3. The molecule has 8 atom stereocenters. The van der Waals surface area contributed by atoms with Gasteiger partial charge in [0.25, 0.3) is 5.91 Å². The molecule has 11 nitrogen and oxygen atoms in total. The zero-order valence-corrected chi connectivity index (χ0v) is 29.4. The number of aliphatic hydroxyl groups is 1. The van der Waals surface area contributed by atoms with Crippen molar-refractivity contribution in [2.75, 3.05) is 31.7 Å². The largest absolute Gasteiger partial charge is 0.497 e. The van der Waals surface area contributed by atoms with Crippen molar-refractivity contribution in [1.29, 1.82) is 0 Å². The molecule has 0 saturated carbocycles. The van der Waals surface area contributed by atoms with Gasteiger partial charge in [0.15, 0.2) is 0 Å². The van der Waals surface area contributed by atoms with Gasteiger partial charge < -0.3 is 34.4 Å². The molecule has 2 aromatic carbocycles. The van der Waals surface area contributed by atoms with Gasteiger partial charge in [0.2, 0.25) is 11.8 Å². The number of nitrogens with one attached hydrogen (secondary N) is 1. The quantitative estimate of drug-likeness (QED) is 0.150. The number of likely N-dealkylation sites (tertiary alicyclic amines) is 1. The van der Waals surface area contributed by atoms with Gasteiger partial charge in [-0.05, 0) is 56.0 Å². The molecule has 0 aromatic heterocycles.